The van der Waals surface area contributed by atoms with Crippen molar-refractivity contribution in [1.29, 1.82) is 0 Å². The molecule has 24 heavy (non-hydrogen) atoms. The second-order valence-corrected chi connectivity index (χ2v) is 7.97. The van der Waals surface area contributed by atoms with Crippen molar-refractivity contribution in [1.82, 2.24) is 20.6 Å². The lowest BCUT2D eigenvalue weighted by Gasteiger charge is -2.55. The van der Waals surface area contributed by atoms with Gasteiger partial charge in [-0.2, -0.15) is 5.21 Å². The van der Waals surface area contributed by atoms with Crippen LogP contribution in [-0.4, -0.2) is 26.5 Å². The Bertz CT molecular complexity index is 734. The SMILES string of the molecule is O=C(Nc1cccc(-c2nn[nH]n2)c1)C12CC3CC(CC(C3)C1)C2. The molecule has 2 N–H and O–H groups in total. The third-order valence-electron chi connectivity index (χ3n) is 6.24. The first-order valence-corrected chi connectivity index (χ1v) is 8.85. The maximum atomic E-state index is 13.1. The quantitative estimate of drug-likeness (QED) is 0.909. The van der Waals surface area contributed by atoms with Crippen LogP contribution in [0.4, 0.5) is 5.69 Å². The second-order valence-electron chi connectivity index (χ2n) is 7.97. The zero-order valence-corrected chi connectivity index (χ0v) is 13.5. The fourth-order valence-electron chi connectivity index (χ4n) is 5.67. The van der Waals surface area contributed by atoms with Gasteiger partial charge in [-0.05, 0) is 73.6 Å². The molecule has 1 heterocycles. The number of carbonyl (C=O) groups is 1. The number of nitrogens with one attached hydrogen (secondary N) is 2. The molecule has 4 aliphatic rings. The van der Waals surface area contributed by atoms with E-state index >= 15 is 0 Å². The molecule has 0 saturated heterocycles. The Kier molecular flexibility index (Phi) is 3.02. The van der Waals surface area contributed by atoms with Crippen molar-refractivity contribution in [3.05, 3.63) is 24.3 Å². The van der Waals surface area contributed by atoms with E-state index in [1.165, 1.54) is 19.3 Å². The van der Waals surface area contributed by atoms with Crippen LogP contribution < -0.4 is 5.32 Å². The monoisotopic (exact) mass is 323 g/mol. The van der Waals surface area contributed by atoms with Gasteiger partial charge in [0.1, 0.15) is 0 Å². The molecule has 0 atom stereocenters. The lowest BCUT2D eigenvalue weighted by molar-refractivity contribution is -0.140. The molecule has 4 saturated carbocycles. The standard InChI is InChI=1S/C18H21N5O/c24-17(18-8-11-4-12(9-18)6-13(5-11)10-18)19-15-3-1-2-14(7-15)16-20-22-23-21-16/h1-3,7,11-13H,4-6,8-10H2,(H,19,24)(H,20,21,22,23). The molecule has 6 rings (SSSR count). The van der Waals surface area contributed by atoms with Crippen molar-refractivity contribution in [3.8, 4) is 11.4 Å². The molecule has 6 heteroatoms. The van der Waals surface area contributed by atoms with Gasteiger partial charge in [0.15, 0.2) is 0 Å². The summed E-state index contributed by atoms with van der Waals surface area (Å²) in [6.07, 6.45) is 7.28. The van der Waals surface area contributed by atoms with E-state index in [1.807, 2.05) is 24.3 Å². The summed E-state index contributed by atoms with van der Waals surface area (Å²) in [6, 6.07) is 7.69. The minimum Gasteiger partial charge on any atom is -0.326 e. The van der Waals surface area contributed by atoms with E-state index in [4.69, 9.17) is 0 Å². The Hall–Kier alpha value is -2.24. The number of benzene rings is 1. The Morgan fingerprint density at radius 2 is 1.83 bits per heavy atom. The second kappa shape index (κ2) is 5.13. The summed E-state index contributed by atoms with van der Waals surface area (Å²) in [4.78, 5) is 13.1. The summed E-state index contributed by atoms with van der Waals surface area (Å²) in [7, 11) is 0. The van der Waals surface area contributed by atoms with Gasteiger partial charge < -0.3 is 5.32 Å². The molecule has 0 aliphatic heterocycles. The Morgan fingerprint density at radius 1 is 1.12 bits per heavy atom. The van der Waals surface area contributed by atoms with Crippen LogP contribution in [0.3, 0.4) is 0 Å². The molecule has 4 fully saturated rings. The molecule has 124 valence electrons. The summed E-state index contributed by atoms with van der Waals surface area (Å²) in [5.74, 6) is 3.07. The average molecular weight is 323 g/mol. The summed E-state index contributed by atoms with van der Waals surface area (Å²) < 4.78 is 0. The Morgan fingerprint density at radius 3 is 2.46 bits per heavy atom. The highest BCUT2D eigenvalue weighted by Crippen LogP contribution is 2.60. The number of aromatic nitrogens is 4. The maximum absolute atomic E-state index is 13.1. The number of aromatic amines is 1. The topological polar surface area (TPSA) is 83.6 Å². The first kappa shape index (κ1) is 14.1. The molecular formula is C18H21N5O. The van der Waals surface area contributed by atoms with E-state index in [0.717, 1.165) is 48.3 Å². The summed E-state index contributed by atoms with van der Waals surface area (Å²) in [5.41, 5.74) is 1.54. The summed E-state index contributed by atoms with van der Waals surface area (Å²) in [5, 5.41) is 17.2. The Labute approximate surface area is 140 Å². The molecule has 0 unspecified atom stereocenters. The lowest BCUT2D eigenvalue weighted by atomic mass is 9.49. The van der Waals surface area contributed by atoms with Crippen LogP contribution >= 0.6 is 0 Å². The normalized spacial score (nSPS) is 33.6. The van der Waals surface area contributed by atoms with Crippen LogP contribution in [0, 0.1) is 23.2 Å². The van der Waals surface area contributed by atoms with E-state index in [9.17, 15) is 4.79 Å². The van der Waals surface area contributed by atoms with Gasteiger partial charge in [0, 0.05) is 11.3 Å². The number of nitrogens with zero attached hydrogens (tertiary/aromatic N) is 3. The van der Waals surface area contributed by atoms with Gasteiger partial charge in [0.2, 0.25) is 11.7 Å². The first-order chi connectivity index (χ1) is 11.7. The predicted molar refractivity (Wildman–Crippen MR) is 88.8 cm³/mol. The molecule has 1 amide bonds. The zero-order chi connectivity index (χ0) is 16.1. The molecule has 4 bridgehead atoms. The summed E-state index contributed by atoms with van der Waals surface area (Å²) in [6.45, 7) is 0. The van der Waals surface area contributed by atoms with E-state index in [-0.39, 0.29) is 11.3 Å². The van der Waals surface area contributed by atoms with Crippen LogP contribution in [0.1, 0.15) is 38.5 Å². The van der Waals surface area contributed by atoms with Gasteiger partial charge in [-0.15, -0.1) is 10.2 Å². The number of hydrogen-bond acceptors (Lipinski definition) is 4. The third kappa shape index (κ3) is 2.24. The van der Waals surface area contributed by atoms with Crippen LogP contribution in [0.5, 0.6) is 0 Å². The minimum atomic E-state index is -0.128. The molecule has 0 spiro atoms. The molecule has 1 aromatic carbocycles. The fourth-order valence-corrected chi connectivity index (χ4v) is 5.67. The fraction of sp³-hybridized carbons (Fsp3) is 0.556. The van der Waals surface area contributed by atoms with E-state index in [1.54, 1.807) is 0 Å². The van der Waals surface area contributed by atoms with E-state index in [0.29, 0.717) is 5.82 Å². The average Bonchev–Trinajstić information content (AvgIpc) is 3.08. The van der Waals surface area contributed by atoms with Gasteiger partial charge in [-0.3, -0.25) is 4.79 Å². The van der Waals surface area contributed by atoms with Gasteiger partial charge in [0.25, 0.3) is 0 Å². The van der Waals surface area contributed by atoms with Gasteiger partial charge in [0.05, 0.1) is 5.41 Å². The van der Waals surface area contributed by atoms with E-state index in [2.05, 4.69) is 25.9 Å². The minimum absolute atomic E-state index is 0.128. The van der Waals surface area contributed by atoms with Crippen molar-refractivity contribution in [2.75, 3.05) is 5.32 Å². The largest absolute Gasteiger partial charge is 0.326 e. The van der Waals surface area contributed by atoms with Crippen molar-refractivity contribution in [2.24, 2.45) is 23.2 Å². The van der Waals surface area contributed by atoms with Gasteiger partial charge >= 0.3 is 0 Å². The van der Waals surface area contributed by atoms with Crippen molar-refractivity contribution >= 4 is 11.6 Å². The van der Waals surface area contributed by atoms with Gasteiger partial charge in [-0.25, -0.2) is 0 Å². The number of carbonyl (C=O) groups excluding carboxylic acids is 1. The van der Waals surface area contributed by atoms with Gasteiger partial charge in [-0.1, -0.05) is 12.1 Å². The summed E-state index contributed by atoms with van der Waals surface area (Å²) >= 11 is 0. The number of hydrogen-bond donors (Lipinski definition) is 2. The molecule has 6 nitrogen and oxygen atoms in total. The predicted octanol–water partition coefficient (Wildman–Crippen LogP) is 3.02. The van der Waals surface area contributed by atoms with Crippen molar-refractivity contribution in [3.63, 3.8) is 0 Å². The number of H-pyrrole nitrogens is 1. The third-order valence-corrected chi connectivity index (χ3v) is 6.24. The number of tetrazole rings is 1. The molecular weight excluding hydrogens is 302 g/mol. The molecule has 0 radical (unpaired) electrons. The van der Waals surface area contributed by atoms with E-state index < -0.39 is 0 Å². The molecule has 1 aromatic heterocycles. The zero-order valence-electron chi connectivity index (χ0n) is 13.5. The smallest absolute Gasteiger partial charge is 0.230 e. The van der Waals surface area contributed by atoms with Crippen LogP contribution in [0.2, 0.25) is 0 Å². The lowest BCUT2D eigenvalue weighted by Crippen LogP contribution is -2.51. The molecule has 4 aliphatic carbocycles. The Balaban J connectivity index is 1.38. The van der Waals surface area contributed by atoms with Crippen LogP contribution in [-0.2, 0) is 4.79 Å². The maximum Gasteiger partial charge on any atom is 0.230 e. The van der Waals surface area contributed by atoms with Crippen molar-refractivity contribution < 1.29 is 4.79 Å². The molecule has 2 aromatic rings. The number of rotatable bonds is 3. The van der Waals surface area contributed by atoms with Crippen LogP contribution in [0.15, 0.2) is 24.3 Å². The van der Waals surface area contributed by atoms with Crippen LogP contribution in [0.25, 0.3) is 11.4 Å². The number of anilines is 1. The highest BCUT2D eigenvalue weighted by atomic mass is 16.2. The van der Waals surface area contributed by atoms with Crippen molar-refractivity contribution in [2.45, 2.75) is 38.5 Å². The highest BCUT2D eigenvalue weighted by molar-refractivity contribution is 5.96. The first-order valence-electron chi connectivity index (χ1n) is 8.85. The highest BCUT2D eigenvalue weighted by Gasteiger charge is 2.54. The number of amides is 1.